The van der Waals surface area contributed by atoms with E-state index in [4.69, 9.17) is 0 Å². The Morgan fingerprint density at radius 3 is 2.47 bits per heavy atom. The summed E-state index contributed by atoms with van der Waals surface area (Å²) in [5.41, 5.74) is 4.09. The van der Waals surface area contributed by atoms with Gasteiger partial charge in [-0.3, -0.25) is 9.59 Å². The molecule has 0 spiro atoms. The Bertz CT molecular complexity index is 1620. The van der Waals surface area contributed by atoms with E-state index in [1.807, 2.05) is 55.6 Å². The van der Waals surface area contributed by atoms with E-state index in [1.165, 1.54) is 5.01 Å². The van der Waals surface area contributed by atoms with Crippen molar-refractivity contribution in [1.82, 2.24) is 40.1 Å². The first-order valence-electron chi connectivity index (χ1n) is 13.8. The Morgan fingerprint density at radius 1 is 0.977 bits per heavy atom. The number of hydrazine groups is 1. The van der Waals surface area contributed by atoms with Gasteiger partial charge in [0, 0.05) is 39.2 Å². The van der Waals surface area contributed by atoms with Crippen LogP contribution in [0, 0.1) is 0 Å². The second kappa shape index (κ2) is 12.1. The van der Waals surface area contributed by atoms with Crippen LogP contribution in [0.1, 0.15) is 24.1 Å². The summed E-state index contributed by atoms with van der Waals surface area (Å²) < 4.78 is 1.68. The minimum absolute atomic E-state index is 0. The number of carbonyl (C=O) groups excluding carboxylic acids is 3. The number of amides is 4. The van der Waals surface area contributed by atoms with Gasteiger partial charge in [-0.05, 0) is 29.3 Å². The van der Waals surface area contributed by atoms with Crippen LogP contribution >= 0.6 is 0 Å². The van der Waals surface area contributed by atoms with Crippen molar-refractivity contribution in [3.8, 4) is 5.75 Å². The Kier molecular flexibility index (Phi) is 8.31. The lowest BCUT2D eigenvalue weighted by Gasteiger charge is -2.54. The zero-order chi connectivity index (χ0) is 29.4. The molecule has 0 radical (unpaired) electrons. The third-order valence-corrected chi connectivity index (χ3v) is 7.89. The molecule has 0 unspecified atom stereocenters. The Hall–Kier alpha value is -4.97. The average molecular weight is 585 g/mol. The minimum Gasteiger partial charge on any atom is -0.508 e. The summed E-state index contributed by atoms with van der Waals surface area (Å²) in [6, 6.07) is 20.7. The second-order valence-corrected chi connectivity index (χ2v) is 10.7. The average Bonchev–Trinajstić information content (AvgIpc) is 3.37. The third-order valence-electron chi connectivity index (χ3n) is 7.89. The van der Waals surface area contributed by atoms with Crippen molar-refractivity contribution in [2.75, 3.05) is 20.1 Å². The predicted octanol–water partition coefficient (Wildman–Crippen LogP) is 2.49. The number of fused-ring (bicyclic) bond motifs is 2. The monoisotopic (exact) mass is 584 g/mol. The predicted molar refractivity (Wildman–Crippen MR) is 160 cm³/mol. The number of carbonyl (C=O) groups is 3. The van der Waals surface area contributed by atoms with E-state index in [9.17, 15) is 19.5 Å². The quantitative estimate of drug-likeness (QED) is 0.357. The van der Waals surface area contributed by atoms with Gasteiger partial charge in [-0.1, -0.05) is 67.2 Å². The maximum atomic E-state index is 14.1. The van der Waals surface area contributed by atoms with Gasteiger partial charge >= 0.3 is 6.03 Å². The highest BCUT2D eigenvalue weighted by Gasteiger charge is 2.50. The SMILES string of the molecule is C.CN1CC(=O)N2[C@@H](Cc3ccc(O)cc3)C(=O)N(Cc3cccc4c3nnn4C)C[C@@H]2N1C(=O)NCc1ccccc1. The van der Waals surface area contributed by atoms with Crippen LogP contribution in [0.2, 0.25) is 0 Å². The molecule has 43 heavy (non-hydrogen) atoms. The van der Waals surface area contributed by atoms with Crippen LogP contribution in [0.5, 0.6) is 5.75 Å². The van der Waals surface area contributed by atoms with E-state index >= 15 is 0 Å². The summed E-state index contributed by atoms with van der Waals surface area (Å²) in [5, 5.41) is 24.4. The number of phenols is 1. The molecule has 0 bridgehead atoms. The van der Waals surface area contributed by atoms with Crippen LogP contribution in [0.4, 0.5) is 4.79 Å². The molecule has 12 heteroatoms. The van der Waals surface area contributed by atoms with Gasteiger partial charge in [0.2, 0.25) is 11.8 Å². The molecule has 0 saturated carbocycles. The number of urea groups is 1. The largest absolute Gasteiger partial charge is 0.508 e. The third kappa shape index (κ3) is 5.73. The number of likely N-dealkylation sites (N-methyl/N-ethyl adjacent to an activating group) is 1. The molecular weight excluding hydrogens is 548 g/mol. The first-order valence-corrected chi connectivity index (χ1v) is 13.8. The molecule has 2 atom stereocenters. The van der Waals surface area contributed by atoms with Gasteiger partial charge in [-0.2, -0.15) is 0 Å². The van der Waals surface area contributed by atoms with Gasteiger partial charge in [0.15, 0.2) is 0 Å². The molecule has 6 rings (SSSR count). The smallest absolute Gasteiger partial charge is 0.334 e. The Balaban J connectivity index is 0.00000368. The van der Waals surface area contributed by atoms with Crippen molar-refractivity contribution in [2.24, 2.45) is 7.05 Å². The van der Waals surface area contributed by atoms with Gasteiger partial charge in [-0.15, -0.1) is 5.10 Å². The molecule has 0 aliphatic carbocycles. The van der Waals surface area contributed by atoms with E-state index in [-0.39, 0.29) is 57.1 Å². The van der Waals surface area contributed by atoms with Crippen LogP contribution in [-0.4, -0.2) is 90.1 Å². The zero-order valence-corrected chi connectivity index (χ0v) is 23.4. The number of nitrogens with zero attached hydrogens (tertiary/aromatic N) is 7. The fraction of sp³-hybridized carbons (Fsp3) is 0.323. The summed E-state index contributed by atoms with van der Waals surface area (Å²) in [7, 11) is 3.51. The van der Waals surface area contributed by atoms with Crippen LogP contribution in [0.25, 0.3) is 11.0 Å². The molecule has 4 aromatic rings. The lowest BCUT2D eigenvalue weighted by molar-refractivity contribution is -0.187. The highest BCUT2D eigenvalue weighted by Crippen LogP contribution is 2.30. The fourth-order valence-corrected chi connectivity index (χ4v) is 5.80. The number of rotatable bonds is 6. The molecule has 3 aromatic carbocycles. The highest BCUT2D eigenvalue weighted by molar-refractivity contribution is 5.92. The number of hydrogen-bond acceptors (Lipinski definition) is 7. The molecule has 2 N–H and O–H groups in total. The van der Waals surface area contributed by atoms with Crippen LogP contribution in [0.3, 0.4) is 0 Å². The number of phenolic OH excluding ortho intramolecular Hbond substituents is 1. The highest BCUT2D eigenvalue weighted by atomic mass is 16.3. The van der Waals surface area contributed by atoms with E-state index in [2.05, 4.69) is 15.6 Å². The number of nitrogens with one attached hydrogen (secondary N) is 1. The normalized spacial score (nSPS) is 18.9. The Labute approximate surface area is 250 Å². The topological polar surface area (TPSA) is 127 Å². The van der Waals surface area contributed by atoms with Gasteiger partial charge in [0.05, 0.1) is 18.6 Å². The van der Waals surface area contributed by atoms with Crippen molar-refractivity contribution >= 4 is 28.9 Å². The second-order valence-electron chi connectivity index (χ2n) is 10.7. The molecule has 2 aliphatic heterocycles. The molecule has 1 aromatic heterocycles. The molecule has 12 nitrogen and oxygen atoms in total. The molecule has 224 valence electrons. The maximum absolute atomic E-state index is 14.1. The number of piperazine rings is 1. The van der Waals surface area contributed by atoms with Crippen molar-refractivity contribution in [3.05, 3.63) is 89.5 Å². The first kappa shape index (κ1) is 29.5. The zero-order valence-electron chi connectivity index (χ0n) is 23.4. The van der Waals surface area contributed by atoms with Crippen molar-refractivity contribution in [2.45, 2.75) is 39.1 Å². The molecular formula is C31H36N8O4. The first-order chi connectivity index (χ1) is 20.3. The van der Waals surface area contributed by atoms with Gasteiger partial charge in [0.1, 0.15) is 23.5 Å². The van der Waals surface area contributed by atoms with Crippen molar-refractivity contribution in [1.29, 1.82) is 0 Å². The van der Waals surface area contributed by atoms with Crippen LogP contribution < -0.4 is 5.32 Å². The molecule has 4 amide bonds. The van der Waals surface area contributed by atoms with Crippen molar-refractivity contribution in [3.63, 3.8) is 0 Å². The van der Waals surface area contributed by atoms with Crippen LogP contribution in [0.15, 0.2) is 72.8 Å². The summed E-state index contributed by atoms with van der Waals surface area (Å²) in [4.78, 5) is 44.5. The van der Waals surface area contributed by atoms with E-state index < -0.39 is 12.2 Å². The number of aromatic hydroxyl groups is 1. The summed E-state index contributed by atoms with van der Waals surface area (Å²) >= 11 is 0. The summed E-state index contributed by atoms with van der Waals surface area (Å²) in [5.74, 6) is -0.340. The molecule has 3 heterocycles. The number of benzene rings is 3. The van der Waals surface area contributed by atoms with Gasteiger partial charge in [0.25, 0.3) is 0 Å². The fourth-order valence-electron chi connectivity index (χ4n) is 5.80. The number of aromatic nitrogens is 3. The Morgan fingerprint density at radius 2 is 1.72 bits per heavy atom. The van der Waals surface area contributed by atoms with E-state index in [0.717, 1.165) is 22.2 Å². The minimum atomic E-state index is -0.847. The van der Waals surface area contributed by atoms with E-state index in [0.29, 0.717) is 12.1 Å². The van der Waals surface area contributed by atoms with Gasteiger partial charge in [-0.25, -0.2) is 19.5 Å². The van der Waals surface area contributed by atoms with Gasteiger partial charge < -0.3 is 20.2 Å². The molecule has 2 saturated heterocycles. The molecule has 2 fully saturated rings. The number of hydrogen-bond donors (Lipinski definition) is 2. The lowest BCUT2D eigenvalue weighted by Crippen LogP contribution is -2.76. The van der Waals surface area contributed by atoms with Crippen molar-refractivity contribution < 1.29 is 19.5 Å². The molecule has 2 aliphatic rings. The van der Waals surface area contributed by atoms with E-state index in [1.54, 1.807) is 50.8 Å². The van der Waals surface area contributed by atoms with Crippen LogP contribution in [-0.2, 0) is 36.1 Å². The maximum Gasteiger partial charge on any atom is 0.334 e. The number of aryl methyl sites for hydroxylation is 1. The summed E-state index contributed by atoms with van der Waals surface area (Å²) in [6.07, 6.45) is -0.496. The lowest BCUT2D eigenvalue weighted by atomic mass is 9.98. The standard InChI is InChI=1S/C30H32N8O4.CH4/c1-34-19-27(40)37-25(15-20-11-13-23(39)14-12-20)29(41)36(17-22-9-6-10-24-28(22)32-33-35(24)2)18-26(37)38(34)30(42)31-16-21-7-4-3-5-8-21;/h3-14,25-26,39H,15-19H2,1-2H3,(H,31,42);1H4/t25-,26-;/m0./s1. The summed E-state index contributed by atoms with van der Waals surface area (Å²) in [6.45, 7) is 0.630.